The van der Waals surface area contributed by atoms with Crippen LogP contribution in [0.4, 0.5) is 18.9 Å². The van der Waals surface area contributed by atoms with E-state index >= 15 is 0 Å². The molecule has 1 atom stereocenters. The van der Waals surface area contributed by atoms with Crippen molar-refractivity contribution in [2.24, 2.45) is 5.92 Å². The molecule has 0 aliphatic carbocycles. The van der Waals surface area contributed by atoms with E-state index in [9.17, 15) is 22.8 Å². The zero-order valence-electron chi connectivity index (χ0n) is 17.0. The molecule has 2 aromatic carbocycles. The fourth-order valence-electron chi connectivity index (χ4n) is 3.58. The SMILES string of the molecule is O=C(CCC1CCCN(C(=O)CSc2ccccc2)C1)Nc1ccc(C(F)(F)F)cc1. The highest BCUT2D eigenvalue weighted by Crippen LogP contribution is 2.30. The van der Waals surface area contributed by atoms with Gasteiger partial charge in [-0.3, -0.25) is 9.59 Å². The number of halogens is 3. The first-order valence-electron chi connectivity index (χ1n) is 10.2. The summed E-state index contributed by atoms with van der Waals surface area (Å²) in [5, 5.41) is 2.64. The summed E-state index contributed by atoms with van der Waals surface area (Å²) in [6, 6.07) is 14.2. The van der Waals surface area contributed by atoms with Crippen LogP contribution in [0.25, 0.3) is 0 Å². The monoisotopic (exact) mass is 450 g/mol. The molecular weight excluding hydrogens is 425 g/mol. The summed E-state index contributed by atoms with van der Waals surface area (Å²) in [5.41, 5.74) is -0.403. The van der Waals surface area contributed by atoms with Crippen LogP contribution in [0.5, 0.6) is 0 Å². The lowest BCUT2D eigenvalue weighted by Crippen LogP contribution is -2.41. The van der Waals surface area contributed by atoms with Gasteiger partial charge in [-0.25, -0.2) is 0 Å². The number of hydrogen-bond acceptors (Lipinski definition) is 3. The minimum atomic E-state index is -4.40. The Morgan fingerprint density at radius 3 is 2.45 bits per heavy atom. The molecule has 4 nitrogen and oxygen atoms in total. The molecule has 31 heavy (non-hydrogen) atoms. The van der Waals surface area contributed by atoms with Crippen molar-refractivity contribution in [3.63, 3.8) is 0 Å². The molecule has 1 unspecified atom stereocenters. The summed E-state index contributed by atoms with van der Waals surface area (Å²) in [7, 11) is 0. The normalized spacial score (nSPS) is 16.7. The molecule has 1 saturated heterocycles. The lowest BCUT2D eigenvalue weighted by atomic mass is 9.93. The highest BCUT2D eigenvalue weighted by atomic mass is 32.2. The van der Waals surface area contributed by atoms with E-state index in [-0.39, 0.29) is 24.2 Å². The molecule has 1 heterocycles. The number of piperidine rings is 1. The Hall–Kier alpha value is -2.48. The molecule has 3 rings (SSSR count). The first-order valence-corrected chi connectivity index (χ1v) is 11.2. The number of nitrogens with one attached hydrogen (secondary N) is 1. The van der Waals surface area contributed by atoms with E-state index < -0.39 is 11.7 Å². The van der Waals surface area contributed by atoms with Crippen LogP contribution in [0.1, 0.15) is 31.2 Å². The molecule has 0 bridgehead atoms. The molecule has 0 spiro atoms. The van der Waals surface area contributed by atoms with Gasteiger partial charge in [-0.2, -0.15) is 13.2 Å². The van der Waals surface area contributed by atoms with Gasteiger partial charge in [-0.15, -0.1) is 11.8 Å². The largest absolute Gasteiger partial charge is 0.416 e. The Morgan fingerprint density at radius 1 is 1.06 bits per heavy atom. The number of likely N-dealkylation sites (tertiary alicyclic amines) is 1. The van der Waals surface area contributed by atoms with E-state index in [1.54, 1.807) is 0 Å². The maximum atomic E-state index is 12.6. The van der Waals surface area contributed by atoms with Gasteiger partial charge in [-0.05, 0) is 61.6 Å². The molecule has 8 heteroatoms. The molecule has 1 aliphatic heterocycles. The Balaban J connectivity index is 1.41. The number of hydrogen-bond donors (Lipinski definition) is 1. The van der Waals surface area contributed by atoms with Gasteiger partial charge >= 0.3 is 6.18 Å². The van der Waals surface area contributed by atoms with Crippen molar-refractivity contribution in [3.8, 4) is 0 Å². The topological polar surface area (TPSA) is 49.4 Å². The molecule has 2 aromatic rings. The molecule has 2 amide bonds. The molecular formula is C23H25F3N2O2S. The van der Waals surface area contributed by atoms with Crippen LogP contribution in [0.3, 0.4) is 0 Å². The second-order valence-electron chi connectivity index (χ2n) is 7.61. The number of anilines is 1. The third kappa shape index (κ3) is 7.31. The average molecular weight is 451 g/mol. The number of amides is 2. The highest BCUT2D eigenvalue weighted by molar-refractivity contribution is 8.00. The molecule has 1 N–H and O–H groups in total. The number of thioether (sulfide) groups is 1. The van der Waals surface area contributed by atoms with E-state index in [1.165, 1.54) is 23.9 Å². The number of nitrogens with zero attached hydrogens (tertiary/aromatic N) is 1. The van der Waals surface area contributed by atoms with Crippen LogP contribution in [-0.2, 0) is 15.8 Å². The minimum Gasteiger partial charge on any atom is -0.342 e. The number of alkyl halides is 3. The van der Waals surface area contributed by atoms with Crippen molar-refractivity contribution >= 4 is 29.3 Å². The molecule has 166 valence electrons. The Morgan fingerprint density at radius 2 is 1.77 bits per heavy atom. The van der Waals surface area contributed by atoms with Gasteiger partial charge in [0, 0.05) is 30.1 Å². The lowest BCUT2D eigenvalue weighted by molar-refractivity contribution is -0.137. The van der Waals surface area contributed by atoms with Gasteiger partial charge < -0.3 is 10.2 Å². The fraction of sp³-hybridized carbons (Fsp3) is 0.391. The fourth-order valence-corrected chi connectivity index (χ4v) is 4.40. The van der Waals surface area contributed by atoms with E-state index in [0.29, 0.717) is 24.4 Å². The zero-order chi connectivity index (χ0) is 22.3. The van der Waals surface area contributed by atoms with Crippen molar-refractivity contribution in [1.82, 2.24) is 4.90 Å². The molecule has 0 saturated carbocycles. The zero-order valence-corrected chi connectivity index (χ0v) is 17.8. The molecule has 1 fully saturated rings. The maximum Gasteiger partial charge on any atom is 0.416 e. The lowest BCUT2D eigenvalue weighted by Gasteiger charge is -2.32. The third-order valence-corrected chi connectivity index (χ3v) is 6.25. The van der Waals surface area contributed by atoms with Crippen molar-refractivity contribution < 1.29 is 22.8 Å². The van der Waals surface area contributed by atoms with E-state index in [0.717, 1.165) is 36.4 Å². The Labute approximate surface area is 184 Å². The number of carbonyl (C=O) groups is 2. The van der Waals surface area contributed by atoms with Crippen molar-refractivity contribution in [2.45, 2.75) is 36.8 Å². The highest BCUT2D eigenvalue weighted by Gasteiger charge is 2.30. The van der Waals surface area contributed by atoms with Gasteiger partial charge in [0.15, 0.2) is 0 Å². The van der Waals surface area contributed by atoms with Crippen molar-refractivity contribution in [2.75, 3.05) is 24.2 Å². The van der Waals surface area contributed by atoms with Gasteiger partial charge in [0.05, 0.1) is 11.3 Å². The van der Waals surface area contributed by atoms with Crippen LogP contribution < -0.4 is 5.32 Å². The number of benzene rings is 2. The molecule has 0 aromatic heterocycles. The van der Waals surface area contributed by atoms with Crippen LogP contribution in [0.15, 0.2) is 59.5 Å². The van der Waals surface area contributed by atoms with Gasteiger partial charge in [0.25, 0.3) is 0 Å². The summed E-state index contributed by atoms with van der Waals surface area (Å²) in [4.78, 5) is 27.7. The van der Waals surface area contributed by atoms with Crippen molar-refractivity contribution in [3.05, 3.63) is 60.2 Å². The summed E-state index contributed by atoms with van der Waals surface area (Å²) >= 11 is 1.52. The summed E-state index contributed by atoms with van der Waals surface area (Å²) in [6.07, 6.45) is -1.61. The predicted molar refractivity (Wildman–Crippen MR) is 116 cm³/mol. The van der Waals surface area contributed by atoms with Crippen LogP contribution >= 0.6 is 11.8 Å². The summed E-state index contributed by atoms with van der Waals surface area (Å²) in [5.74, 6) is 0.513. The smallest absolute Gasteiger partial charge is 0.342 e. The average Bonchev–Trinajstić information content (AvgIpc) is 2.77. The van der Waals surface area contributed by atoms with Gasteiger partial charge in [-0.1, -0.05) is 18.2 Å². The quantitative estimate of drug-likeness (QED) is 0.571. The molecule has 1 aliphatic rings. The maximum absolute atomic E-state index is 12.6. The third-order valence-electron chi connectivity index (χ3n) is 5.25. The second kappa shape index (κ2) is 10.7. The van der Waals surface area contributed by atoms with E-state index in [1.807, 2.05) is 35.2 Å². The van der Waals surface area contributed by atoms with Crippen LogP contribution in [-0.4, -0.2) is 35.6 Å². The first-order chi connectivity index (χ1) is 14.8. The Bertz CT molecular complexity index is 873. The first kappa shape index (κ1) is 23.2. The van der Waals surface area contributed by atoms with Gasteiger partial charge in [0.1, 0.15) is 0 Å². The molecule has 0 radical (unpaired) electrons. The predicted octanol–water partition coefficient (Wildman–Crippen LogP) is 5.46. The Kier molecular flexibility index (Phi) is 8.01. The van der Waals surface area contributed by atoms with Gasteiger partial charge in [0.2, 0.25) is 11.8 Å². The van der Waals surface area contributed by atoms with E-state index in [4.69, 9.17) is 0 Å². The summed E-state index contributed by atoms with van der Waals surface area (Å²) < 4.78 is 37.8. The standard InChI is InChI=1S/C23H25F3N2O2S/c24-23(25,26)18-9-11-19(12-10-18)27-21(29)13-8-17-5-4-14-28(15-17)22(30)16-31-20-6-2-1-3-7-20/h1-3,6-7,9-12,17H,4-5,8,13-16H2,(H,27,29). The number of carbonyl (C=O) groups excluding carboxylic acids is 2. The van der Waals surface area contributed by atoms with E-state index in [2.05, 4.69) is 5.32 Å². The number of rotatable bonds is 7. The van der Waals surface area contributed by atoms with Crippen LogP contribution in [0.2, 0.25) is 0 Å². The summed E-state index contributed by atoms with van der Waals surface area (Å²) in [6.45, 7) is 1.38. The second-order valence-corrected chi connectivity index (χ2v) is 8.66. The van der Waals surface area contributed by atoms with Crippen molar-refractivity contribution in [1.29, 1.82) is 0 Å². The minimum absolute atomic E-state index is 0.104. The van der Waals surface area contributed by atoms with Crippen LogP contribution in [0, 0.1) is 5.92 Å².